The number of allylic oxidation sites excluding steroid dienone is 1. The lowest BCUT2D eigenvalue weighted by Crippen LogP contribution is -2.63. The zero-order valence-corrected chi connectivity index (χ0v) is 11.2. The summed E-state index contributed by atoms with van der Waals surface area (Å²) in [5.41, 5.74) is 1.11. The summed E-state index contributed by atoms with van der Waals surface area (Å²) < 4.78 is 5.86. The van der Waals surface area contributed by atoms with Gasteiger partial charge in [-0.3, -0.25) is 4.99 Å². The summed E-state index contributed by atoms with van der Waals surface area (Å²) in [6.07, 6.45) is 0.416. The van der Waals surface area contributed by atoms with E-state index in [1.54, 1.807) is 0 Å². The van der Waals surface area contributed by atoms with Gasteiger partial charge in [-0.2, -0.15) is 10.5 Å². The number of nitriles is 2. The smallest absolute Gasteiger partial charge is 0.189 e. The second-order valence-corrected chi connectivity index (χ2v) is 5.21. The number of rotatable bonds is 2. The molecule has 3 atom stereocenters. The Labute approximate surface area is 108 Å². The van der Waals surface area contributed by atoms with E-state index in [4.69, 9.17) is 4.74 Å². The van der Waals surface area contributed by atoms with Crippen LogP contribution in [-0.4, -0.2) is 18.0 Å². The molecule has 0 saturated heterocycles. The van der Waals surface area contributed by atoms with E-state index in [1.807, 2.05) is 27.7 Å². The molecule has 0 N–H and O–H groups in total. The molecule has 0 aromatic heterocycles. The summed E-state index contributed by atoms with van der Waals surface area (Å²) in [6.45, 7) is 8.15. The summed E-state index contributed by atoms with van der Waals surface area (Å²) in [4.78, 5) is 4.54. The summed E-state index contributed by atoms with van der Waals surface area (Å²) in [5.74, 6) is -0.0227. The summed E-state index contributed by atoms with van der Waals surface area (Å²) in [5, 5.41) is 18.7. The van der Waals surface area contributed by atoms with Crippen LogP contribution in [0.5, 0.6) is 0 Å². The van der Waals surface area contributed by atoms with E-state index in [1.165, 1.54) is 0 Å². The molecule has 0 fully saturated rings. The van der Waals surface area contributed by atoms with Crippen molar-refractivity contribution >= 4 is 5.71 Å². The van der Waals surface area contributed by atoms with Gasteiger partial charge in [-0.05, 0) is 33.3 Å². The van der Waals surface area contributed by atoms with Gasteiger partial charge in [0, 0.05) is 24.3 Å². The lowest BCUT2D eigenvalue weighted by atomic mass is 9.58. The van der Waals surface area contributed by atoms with Gasteiger partial charge in [-0.1, -0.05) is 0 Å². The van der Waals surface area contributed by atoms with Crippen LogP contribution in [0.3, 0.4) is 0 Å². The third kappa shape index (κ3) is 1.30. The van der Waals surface area contributed by atoms with Crippen LogP contribution in [0, 0.1) is 34.0 Å². The van der Waals surface area contributed by atoms with Gasteiger partial charge in [0.05, 0.1) is 18.1 Å². The molecule has 4 nitrogen and oxygen atoms in total. The predicted molar refractivity (Wildman–Crippen MR) is 67.6 cm³/mol. The molecule has 1 aliphatic carbocycles. The molecule has 0 aromatic carbocycles. The van der Waals surface area contributed by atoms with Gasteiger partial charge >= 0.3 is 0 Å². The molecule has 0 aromatic rings. The monoisotopic (exact) mass is 243 g/mol. The number of hydrogen-bond acceptors (Lipinski definition) is 4. The minimum atomic E-state index is -0.787. The zero-order valence-electron chi connectivity index (χ0n) is 11.2. The van der Waals surface area contributed by atoms with Crippen molar-refractivity contribution in [2.45, 2.75) is 39.8 Å². The molecule has 2 rings (SSSR count). The normalized spacial score (nSPS) is 38.1. The van der Waals surface area contributed by atoms with Crippen LogP contribution in [0.1, 0.15) is 34.1 Å². The van der Waals surface area contributed by atoms with Crippen LogP contribution >= 0.6 is 0 Å². The Morgan fingerprint density at radius 1 is 1.44 bits per heavy atom. The molecule has 2 aliphatic rings. The fourth-order valence-corrected chi connectivity index (χ4v) is 3.19. The third-order valence-corrected chi connectivity index (χ3v) is 4.13. The maximum Gasteiger partial charge on any atom is 0.189 e. The van der Waals surface area contributed by atoms with Crippen molar-refractivity contribution in [1.29, 1.82) is 10.5 Å². The maximum atomic E-state index is 9.52. The quantitative estimate of drug-likeness (QED) is 0.748. The third-order valence-electron chi connectivity index (χ3n) is 4.13. The highest BCUT2D eigenvalue weighted by Gasteiger charge is 2.64. The van der Waals surface area contributed by atoms with Crippen molar-refractivity contribution in [2.75, 3.05) is 6.61 Å². The lowest BCUT2D eigenvalue weighted by molar-refractivity contribution is -0.134. The first-order valence-electron chi connectivity index (χ1n) is 6.17. The minimum absolute atomic E-state index is 0.0227. The molecule has 0 spiro atoms. The van der Waals surface area contributed by atoms with Crippen LogP contribution in [-0.2, 0) is 4.74 Å². The van der Waals surface area contributed by atoms with E-state index in [2.05, 4.69) is 17.1 Å². The van der Waals surface area contributed by atoms with Gasteiger partial charge in [-0.25, -0.2) is 0 Å². The van der Waals surface area contributed by atoms with Crippen LogP contribution in [0.2, 0.25) is 0 Å². The highest BCUT2D eigenvalue weighted by atomic mass is 16.5. The van der Waals surface area contributed by atoms with Crippen LogP contribution < -0.4 is 0 Å². The summed E-state index contributed by atoms with van der Waals surface area (Å²) >= 11 is 0. The van der Waals surface area contributed by atoms with Crippen LogP contribution in [0.25, 0.3) is 0 Å². The highest BCUT2D eigenvalue weighted by molar-refractivity contribution is 5.94. The van der Waals surface area contributed by atoms with E-state index in [9.17, 15) is 10.5 Å². The first-order valence-corrected chi connectivity index (χ1v) is 6.17. The van der Waals surface area contributed by atoms with Crippen molar-refractivity contribution in [3.05, 3.63) is 11.1 Å². The molecule has 3 unspecified atom stereocenters. The van der Waals surface area contributed by atoms with Crippen molar-refractivity contribution in [3.8, 4) is 12.1 Å². The lowest BCUT2D eigenvalue weighted by Gasteiger charge is -2.55. The number of nitrogens with zero attached hydrogens (tertiary/aromatic N) is 3. The Kier molecular flexibility index (Phi) is 2.80. The molecule has 94 valence electrons. The molecule has 0 saturated carbocycles. The Morgan fingerprint density at radius 3 is 2.56 bits per heavy atom. The SMILES string of the molecule is CCOC12N=C(C)C1C(C)=C(C#N)CC2(C)C#N. The average Bonchev–Trinajstić information content (AvgIpc) is 2.33. The first-order chi connectivity index (χ1) is 8.45. The average molecular weight is 243 g/mol. The van der Waals surface area contributed by atoms with Crippen LogP contribution in [0.4, 0.5) is 0 Å². The molecule has 0 radical (unpaired) electrons. The Morgan fingerprint density at radius 2 is 2.11 bits per heavy atom. The Balaban J connectivity index is 2.62. The Hall–Kier alpha value is -1.65. The van der Waals surface area contributed by atoms with Gasteiger partial charge in [0.25, 0.3) is 0 Å². The fraction of sp³-hybridized carbons (Fsp3) is 0.643. The van der Waals surface area contributed by atoms with Crippen molar-refractivity contribution in [2.24, 2.45) is 16.3 Å². The second kappa shape index (κ2) is 3.93. The first kappa shape index (κ1) is 12.8. The highest BCUT2D eigenvalue weighted by Crippen LogP contribution is 2.57. The van der Waals surface area contributed by atoms with Gasteiger partial charge < -0.3 is 4.74 Å². The summed E-state index contributed by atoms with van der Waals surface area (Å²) in [6, 6.07) is 4.55. The van der Waals surface area contributed by atoms with E-state index < -0.39 is 11.1 Å². The van der Waals surface area contributed by atoms with Gasteiger partial charge in [0.1, 0.15) is 5.41 Å². The standard InChI is InChI=1S/C14H17N3O/c1-5-18-14-12(10(3)17-14)9(2)11(7-15)6-13(14,4)8-16/h12H,5-6H2,1-4H3. The molecule has 1 heterocycles. The molecule has 1 aliphatic heterocycles. The molecule has 0 bridgehead atoms. The molecule has 4 heteroatoms. The van der Waals surface area contributed by atoms with Crippen molar-refractivity contribution in [3.63, 3.8) is 0 Å². The van der Waals surface area contributed by atoms with Gasteiger partial charge in [-0.15, -0.1) is 0 Å². The zero-order chi connectivity index (χ0) is 13.6. The van der Waals surface area contributed by atoms with Crippen molar-refractivity contribution < 1.29 is 4.74 Å². The molecule has 0 amide bonds. The van der Waals surface area contributed by atoms with Gasteiger partial charge in [0.2, 0.25) is 0 Å². The molecular formula is C14H17N3O. The fourth-order valence-electron chi connectivity index (χ4n) is 3.19. The van der Waals surface area contributed by atoms with Crippen LogP contribution in [0.15, 0.2) is 16.1 Å². The molecule has 18 heavy (non-hydrogen) atoms. The second-order valence-electron chi connectivity index (χ2n) is 5.21. The summed E-state index contributed by atoms with van der Waals surface area (Å²) in [7, 11) is 0. The maximum absolute atomic E-state index is 9.52. The number of aliphatic imine (C=N–C) groups is 1. The van der Waals surface area contributed by atoms with E-state index >= 15 is 0 Å². The largest absolute Gasteiger partial charge is 0.351 e. The number of ether oxygens (including phenoxy) is 1. The predicted octanol–water partition coefficient (Wildman–Crippen LogP) is 2.58. The number of hydrogen-bond donors (Lipinski definition) is 0. The van der Waals surface area contributed by atoms with E-state index in [-0.39, 0.29) is 5.92 Å². The van der Waals surface area contributed by atoms with Crippen molar-refractivity contribution in [1.82, 2.24) is 0 Å². The number of fused-ring (bicyclic) bond motifs is 1. The molecular weight excluding hydrogens is 226 g/mol. The van der Waals surface area contributed by atoms with E-state index in [0.717, 1.165) is 11.3 Å². The minimum Gasteiger partial charge on any atom is -0.351 e. The van der Waals surface area contributed by atoms with Gasteiger partial charge in [0.15, 0.2) is 5.72 Å². The topological polar surface area (TPSA) is 69.2 Å². The van der Waals surface area contributed by atoms with E-state index in [0.29, 0.717) is 18.6 Å². The Bertz CT molecular complexity index is 534.